The Bertz CT molecular complexity index is 879. The first-order chi connectivity index (χ1) is 12.4. The number of fused-ring (bicyclic) bond motifs is 1. The van der Waals surface area contributed by atoms with Gasteiger partial charge in [-0.3, -0.25) is 14.2 Å². The van der Waals surface area contributed by atoms with Crippen molar-refractivity contribution >= 4 is 5.91 Å². The fourth-order valence-electron chi connectivity index (χ4n) is 3.52. The molecule has 0 bridgehead atoms. The predicted octanol–water partition coefficient (Wildman–Crippen LogP) is 2.15. The lowest BCUT2D eigenvalue weighted by molar-refractivity contribution is -0.134. The summed E-state index contributed by atoms with van der Waals surface area (Å²) in [6.45, 7) is 9.41. The van der Waals surface area contributed by atoms with Crippen LogP contribution in [0.4, 0.5) is 0 Å². The first-order valence-corrected chi connectivity index (χ1v) is 8.96. The van der Waals surface area contributed by atoms with E-state index in [-0.39, 0.29) is 18.1 Å². The third-order valence-electron chi connectivity index (χ3n) is 4.83. The van der Waals surface area contributed by atoms with Crippen LogP contribution >= 0.6 is 0 Å². The molecule has 1 aliphatic rings. The average Bonchev–Trinajstić information content (AvgIpc) is 2.60. The molecule has 6 heteroatoms. The number of carbonyl (C=O) groups is 1. The van der Waals surface area contributed by atoms with Crippen molar-refractivity contribution in [3.05, 3.63) is 56.8 Å². The summed E-state index contributed by atoms with van der Waals surface area (Å²) in [7, 11) is 0. The zero-order chi connectivity index (χ0) is 18.8. The molecule has 0 saturated heterocycles. The van der Waals surface area contributed by atoms with E-state index in [9.17, 15) is 9.59 Å². The molecule has 0 spiro atoms. The Balaban J connectivity index is 1.69. The zero-order valence-electron chi connectivity index (χ0n) is 15.8. The Kier molecular flexibility index (Phi) is 5.11. The summed E-state index contributed by atoms with van der Waals surface area (Å²) in [5, 5.41) is 0. The van der Waals surface area contributed by atoms with Crippen LogP contribution < -0.4 is 10.3 Å². The van der Waals surface area contributed by atoms with Gasteiger partial charge in [-0.1, -0.05) is 17.7 Å². The van der Waals surface area contributed by atoms with E-state index in [2.05, 4.69) is 4.98 Å². The summed E-state index contributed by atoms with van der Waals surface area (Å²) < 4.78 is 7.41. The summed E-state index contributed by atoms with van der Waals surface area (Å²) in [5.41, 5.74) is 4.66. The molecule has 0 fully saturated rings. The molecule has 2 heterocycles. The largest absolute Gasteiger partial charge is 0.483 e. The van der Waals surface area contributed by atoms with Crippen molar-refractivity contribution in [2.45, 2.75) is 47.2 Å². The lowest BCUT2D eigenvalue weighted by Crippen LogP contribution is -2.42. The van der Waals surface area contributed by atoms with Crippen molar-refractivity contribution in [2.24, 2.45) is 0 Å². The lowest BCUT2D eigenvalue weighted by Gasteiger charge is -2.28. The molecular weight excluding hydrogens is 330 g/mol. The van der Waals surface area contributed by atoms with Gasteiger partial charge in [0.25, 0.3) is 11.5 Å². The van der Waals surface area contributed by atoms with Crippen LogP contribution in [-0.4, -0.2) is 33.5 Å². The fraction of sp³-hybridized carbons (Fsp3) is 0.450. The topological polar surface area (TPSA) is 64.4 Å². The summed E-state index contributed by atoms with van der Waals surface area (Å²) in [6.07, 6.45) is 2.10. The second-order valence-electron chi connectivity index (χ2n) is 6.84. The maximum atomic E-state index is 12.6. The molecule has 1 aromatic heterocycles. The minimum Gasteiger partial charge on any atom is -0.483 e. The van der Waals surface area contributed by atoms with Crippen molar-refractivity contribution in [3.8, 4) is 5.75 Å². The van der Waals surface area contributed by atoms with Crippen LogP contribution in [0.2, 0.25) is 0 Å². The molecular formula is C20H25N3O3. The third kappa shape index (κ3) is 3.49. The number of nitrogens with zero attached hydrogens (tertiary/aromatic N) is 3. The van der Waals surface area contributed by atoms with Crippen molar-refractivity contribution in [1.29, 1.82) is 0 Å². The molecule has 0 saturated carbocycles. The van der Waals surface area contributed by atoms with Gasteiger partial charge in [-0.05, 0) is 45.2 Å². The number of carbonyl (C=O) groups excluding carboxylic acids is 1. The molecule has 138 valence electrons. The Labute approximate surface area is 153 Å². The van der Waals surface area contributed by atoms with Crippen LogP contribution in [0.3, 0.4) is 0 Å². The minimum atomic E-state index is -0.0866. The van der Waals surface area contributed by atoms with Crippen LogP contribution in [0.25, 0.3) is 0 Å². The summed E-state index contributed by atoms with van der Waals surface area (Å²) >= 11 is 0. The summed E-state index contributed by atoms with van der Waals surface area (Å²) in [4.78, 5) is 31.0. The summed E-state index contributed by atoms with van der Waals surface area (Å²) in [5.74, 6) is 0.682. The zero-order valence-corrected chi connectivity index (χ0v) is 15.8. The molecule has 1 aliphatic heterocycles. The van der Waals surface area contributed by atoms with E-state index in [4.69, 9.17) is 4.74 Å². The number of amides is 1. The molecule has 26 heavy (non-hydrogen) atoms. The maximum absolute atomic E-state index is 12.6. The van der Waals surface area contributed by atoms with Crippen LogP contribution in [0.15, 0.2) is 23.3 Å². The molecule has 0 radical (unpaired) electrons. The molecule has 1 aromatic carbocycles. The summed E-state index contributed by atoms with van der Waals surface area (Å²) in [6, 6.07) is 4.10. The number of aryl methyl sites for hydroxylation is 4. The standard InChI is InChI=1S/C20H25N3O3/c1-5-22-12-21-17-10-23(7-6-16(17)20(22)25)18(24)11-26-19-14(3)8-13(2)9-15(19)4/h8-9,12H,5-7,10-11H2,1-4H3. The first-order valence-electron chi connectivity index (χ1n) is 8.96. The van der Waals surface area contributed by atoms with Gasteiger partial charge >= 0.3 is 0 Å². The number of hydrogen-bond acceptors (Lipinski definition) is 4. The van der Waals surface area contributed by atoms with Crippen molar-refractivity contribution in [1.82, 2.24) is 14.5 Å². The Morgan fingerprint density at radius 3 is 2.58 bits per heavy atom. The van der Waals surface area contributed by atoms with Gasteiger partial charge in [0.15, 0.2) is 6.61 Å². The van der Waals surface area contributed by atoms with Gasteiger partial charge in [0, 0.05) is 18.7 Å². The third-order valence-corrected chi connectivity index (χ3v) is 4.83. The predicted molar refractivity (Wildman–Crippen MR) is 99.4 cm³/mol. The van der Waals surface area contributed by atoms with E-state index in [1.165, 1.54) is 5.56 Å². The number of ether oxygens (including phenoxy) is 1. The van der Waals surface area contributed by atoms with Crippen molar-refractivity contribution in [3.63, 3.8) is 0 Å². The number of aromatic nitrogens is 2. The maximum Gasteiger partial charge on any atom is 0.260 e. The molecule has 0 atom stereocenters. The van der Waals surface area contributed by atoms with Gasteiger partial charge in [-0.25, -0.2) is 4.98 Å². The second kappa shape index (κ2) is 7.32. The fourth-order valence-corrected chi connectivity index (χ4v) is 3.52. The highest BCUT2D eigenvalue weighted by atomic mass is 16.5. The van der Waals surface area contributed by atoms with E-state index < -0.39 is 0 Å². The van der Waals surface area contributed by atoms with Gasteiger partial charge in [0.2, 0.25) is 0 Å². The highest BCUT2D eigenvalue weighted by molar-refractivity contribution is 5.78. The van der Waals surface area contributed by atoms with Crippen LogP contribution in [0.1, 0.15) is 34.9 Å². The molecule has 6 nitrogen and oxygen atoms in total. The van der Waals surface area contributed by atoms with E-state index in [1.54, 1.807) is 15.8 Å². The van der Waals surface area contributed by atoms with Crippen LogP contribution in [0, 0.1) is 20.8 Å². The molecule has 3 rings (SSSR count). The van der Waals surface area contributed by atoms with Crippen molar-refractivity contribution < 1.29 is 9.53 Å². The first kappa shape index (κ1) is 18.2. The van der Waals surface area contributed by atoms with Crippen LogP contribution in [0.5, 0.6) is 5.75 Å². The van der Waals surface area contributed by atoms with Crippen LogP contribution in [-0.2, 0) is 24.3 Å². The minimum absolute atomic E-state index is 0.00625. The van der Waals surface area contributed by atoms with Gasteiger partial charge in [-0.2, -0.15) is 0 Å². The molecule has 2 aromatic rings. The highest BCUT2D eigenvalue weighted by Crippen LogP contribution is 2.24. The van der Waals surface area contributed by atoms with E-state index in [0.29, 0.717) is 31.7 Å². The SMILES string of the molecule is CCn1cnc2c(c1=O)CCN(C(=O)COc1c(C)cc(C)cc1C)C2. The average molecular weight is 355 g/mol. The Morgan fingerprint density at radius 1 is 1.23 bits per heavy atom. The molecule has 0 N–H and O–H groups in total. The Morgan fingerprint density at radius 2 is 1.92 bits per heavy atom. The molecule has 1 amide bonds. The number of rotatable bonds is 4. The quantitative estimate of drug-likeness (QED) is 0.843. The highest BCUT2D eigenvalue weighted by Gasteiger charge is 2.24. The number of hydrogen-bond donors (Lipinski definition) is 0. The van der Waals surface area contributed by atoms with Crippen molar-refractivity contribution in [2.75, 3.05) is 13.2 Å². The molecule has 0 unspecified atom stereocenters. The smallest absolute Gasteiger partial charge is 0.260 e. The van der Waals surface area contributed by atoms with E-state index >= 15 is 0 Å². The normalized spacial score (nSPS) is 13.5. The van der Waals surface area contributed by atoms with E-state index in [0.717, 1.165) is 22.4 Å². The van der Waals surface area contributed by atoms with Gasteiger partial charge < -0.3 is 9.64 Å². The van der Waals surface area contributed by atoms with Gasteiger partial charge in [-0.15, -0.1) is 0 Å². The van der Waals surface area contributed by atoms with Gasteiger partial charge in [0.05, 0.1) is 18.6 Å². The van der Waals surface area contributed by atoms with E-state index in [1.807, 2.05) is 39.8 Å². The van der Waals surface area contributed by atoms with Gasteiger partial charge in [0.1, 0.15) is 5.75 Å². The lowest BCUT2D eigenvalue weighted by atomic mass is 10.1. The number of benzene rings is 1. The molecule has 0 aliphatic carbocycles. The Hall–Kier alpha value is -2.63. The second-order valence-corrected chi connectivity index (χ2v) is 6.84. The monoisotopic (exact) mass is 355 g/mol.